The lowest BCUT2D eigenvalue weighted by Gasteiger charge is -2.29. The van der Waals surface area contributed by atoms with E-state index in [1.165, 1.54) is 4.31 Å². The highest BCUT2D eigenvalue weighted by Crippen LogP contribution is 2.31. The van der Waals surface area contributed by atoms with Crippen LogP contribution in [0.1, 0.15) is 23.6 Å². The monoisotopic (exact) mass is 444 g/mol. The van der Waals surface area contributed by atoms with Gasteiger partial charge in [-0.2, -0.15) is 0 Å². The van der Waals surface area contributed by atoms with Gasteiger partial charge in [0.15, 0.2) is 0 Å². The lowest BCUT2D eigenvalue weighted by atomic mass is 10.0. The number of nitrogens with zero attached hydrogens (tertiary/aromatic N) is 2. The lowest BCUT2D eigenvalue weighted by molar-refractivity contribution is -0.136. The highest BCUT2D eigenvalue weighted by molar-refractivity contribution is 7.92. The van der Waals surface area contributed by atoms with E-state index in [1.807, 2.05) is 49.3 Å². The predicted molar refractivity (Wildman–Crippen MR) is 121 cm³/mol. The minimum absolute atomic E-state index is 0.0787. The van der Waals surface area contributed by atoms with Gasteiger partial charge in [-0.1, -0.05) is 36.4 Å². The van der Waals surface area contributed by atoms with E-state index in [-0.39, 0.29) is 12.6 Å². The second-order valence-electron chi connectivity index (χ2n) is 7.84. The number of hydrogen-bond donors (Lipinski definition) is 2. The number of carbonyl (C=O) groups excluding carboxylic acids is 2. The molecule has 9 heteroatoms. The van der Waals surface area contributed by atoms with E-state index in [1.54, 1.807) is 18.2 Å². The fraction of sp³-hybridized carbons (Fsp3) is 0.364. The van der Waals surface area contributed by atoms with Crippen LogP contribution in [-0.4, -0.2) is 58.6 Å². The molecule has 0 bridgehead atoms. The summed E-state index contributed by atoms with van der Waals surface area (Å²) in [4.78, 5) is 26.7. The zero-order valence-corrected chi connectivity index (χ0v) is 18.8. The molecule has 1 aliphatic rings. The molecule has 2 N–H and O–H groups in total. The second kappa shape index (κ2) is 9.49. The maximum Gasteiger partial charge on any atom is 0.313 e. The fourth-order valence-electron chi connectivity index (χ4n) is 3.69. The quantitative estimate of drug-likeness (QED) is 0.662. The van der Waals surface area contributed by atoms with Crippen LogP contribution in [0.15, 0.2) is 48.5 Å². The van der Waals surface area contributed by atoms with Gasteiger partial charge in [-0.25, -0.2) is 8.42 Å². The number of anilines is 2. The molecular formula is C22H28N4O4S. The molecule has 2 aromatic carbocycles. The predicted octanol–water partition coefficient (Wildman–Crippen LogP) is 1.76. The first-order chi connectivity index (χ1) is 14.7. The lowest BCUT2D eigenvalue weighted by Crippen LogP contribution is -2.40. The number of sulfonamides is 1. The van der Waals surface area contributed by atoms with Crippen molar-refractivity contribution in [3.63, 3.8) is 0 Å². The Morgan fingerprint density at radius 3 is 2.45 bits per heavy atom. The van der Waals surface area contributed by atoms with Crippen molar-refractivity contribution in [1.82, 2.24) is 10.2 Å². The van der Waals surface area contributed by atoms with Gasteiger partial charge >= 0.3 is 11.8 Å². The molecule has 8 nitrogen and oxygen atoms in total. The molecule has 0 spiro atoms. The number of rotatable bonds is 6. The Morgan fingerprint density at radius 2 is 1.81 bits per heavy atom. The molecule has 31 heavy (non-hydrogen) atoms. The first kappa shape index (κ1) is 22.8. The van der Waals surface area contributed by atoms with E-state index in [0.29, 0.717) is 17.9 Å². The molecule has 0 aromatic heterocycles. The van der Waals surface area contributed by atoms with E-state index < -0.39 is 21.8 Å². The van der Waals surface area contributed by atoms with Gasteiger partial charge < -0.3 is 15.5 Å². The van der Waals surface area contributed by atoms with Gasteiger partial charge in [0.05, 0.1) is 18.0 Å². The summed E-state index contributed by atoms with van der Waals surface area (Å²) in [6.45, 7) is 0.671. The van der Waals surface area contributed by atoms with Crippen LogP contribution in [0, 0.1) is 0 Å². The summed E-state index contributed by atoms with van der Waals surface area (Å²) in [6.07, 6.45) is 2.67. The van der Waals surface area contributed by atoms with Crippen molar-refractivity contribution >= 4 is 33.2 Å². The topological polar surface area (TPSA) is 98.8 Å². The Hall–Kier alpha value is -2.91. The summed E-state index contributed by atoms with van der Waals surface area (Å²) in [5.74, 6) is -1.55. The second-order valence-corrected chi connectivity index (χ2v) is 9.74. The number of fused-ring (bicyclic) bond motifs is 1. The molecule has 1 atom stereocenters. The zero-order valence-electron chi connectivity index (χ0n) is 18.0. The van der Waals surface area contributed by atoms with Crippen LogP contribution in [-0.2, 0) is 26.0 Å². The van der Waals surface area contributed by atoms with E-state index in [0.717, 1.165) is 30.2 Å². The van der Waals surface area contributed by atoms with Gasteiger partial charge in [0, 0.05) is 18.8 Å². The van der Waals surface area contributed by atoms with Crippen LogP contribution in [0.4, 0.5) is 11.4 Å². The van der Waals surface area contributed by atoms with Gasteiger partial charge in [0.1, 0.15) is 0 Å². The van der Waals surface area contributed by atoms with Gasteiger partial charge in [-0.3, -0.25) is 13.9 Å². The molecule has 0 saturated heterocycles. The molecule has 0 aliphatic carbocycles. The Morgan fingerprint density at radius 1 is 1.10 bits per heavy atom. The van der Waals surface area contributed by atoms with Crippen LogP contribution in [0.5, 0.6) is 0 Å². The van der Waals surface area contributed by atoms with Crippen molar-refractivity contribution in [1.29, 1.82) is 0 Å². The van der Waals surface area contributed by atoms with Gasteiger partial charge in [-0.15, -0.1) is 0 Å². The Kier molecular flexibility index (Phi) is 6.97. The number of aryl methyl sites for hydroxylation is 1. The third-order valence-electron chi connectivity index (χ3n) is 5.29. The van der Waals surface area contributed by atoms with Crippen molar-refractivity contribution in [2.45, 2.75) is 18.9 Å². The molecule has 166 valence electrons. The summed E-state index contributed by atoms with van der Waals surface area (Å²) in [5, 5.41) is 5.25. The third-order valence-corrected chi connectivity index (χ3v) is 6.47. The Labute approximate surface area is 183 Å². The SMILES string of the molecule is CN(C)C(CNC(=O)C(=O)Nc1ccc2c(c1)N(S(C)(=O)=O)CCC2)c1ccccc1. The highest BCUT2D eigenvalue weighted by atomic mass is 32.2. The molecule has 0 saturated carbocycles. The largest absolute Gasteiger partial charge is 0.346 e. The summed E-state index contributed by atoms with van der Waals surface area (Å²) >= 11 is 0. The first-order valence-corrected chi connectivity index (χ1v) is 11.9. The maximum absolute atomic E-state index is 12.4. The molecule has 1 heterocycles. The van der Waals surface area contributed by atoms with E-state index in [4.69, 9.17) is 0 Å². The number of amides is 2. The maximum atomic E-state index is 12.4. The summed E-state index contributed by atoms with van der Waals surface area (Å²) in [7, 11) is 0.398. The number of hydrogen-bond acceptors (Lipinski definition) is 5. The average Bonchev–Trinajstić information content (AvgIpc) is 2.73. The molecule has 3 rings (SSSR count). The van der Waals surface area contributed by atoms with Crippen LogP contribution >= 0.6 is 0 Å². The highest BCUT2D eigenvalue weighted by Gasteiger charge is 2.25. The van der Waals surface area contributed by atoms with Crippen molar-refractivity contribution < 1.29 is 18.0 Å². The third kappa shape index (κ3) is 5.62. The number of likely N-dealkylation sites (N-methyl/N-ethyl adjacent to an activating group) is 1. The standard InChI is InChI=1S/C22H28N4O4S/c1-25(2)20(16-8-5-4-6-9-16)15-23-21(27)22(28)24-18-12-11-17-10-7-13-26(19(17)14-18)31(3,29)30/h4-6,8-9,11-12,14,20H,7,10,13,15H2,1-3H3,(H,23,27)(H,24,28). The Balaban J connectivity index is 1.67. The van der Waals surface area contributed by atoms with Crippen molar-refractivity contribution in [3.8, 4) is 0 Å². The van der Waals surface area contributed by atoms with E-state index in [9.17, 15) is 18.0 Å². The summed E-state index contributed by atoms with van der Waals surface area (Å²) in [6, 6.07) is 14.7. The van der Waals surface area contributed by atoms with E-state index in [2.05, 4.69) is 10.6 Å². The summed E-state index contributed by atoms with van der Waals surface area (Å²) < 4.78 is 25.5. The molecule has 0 fully saturated rings. The first-order valence-electron chi connectivity index (χ1n) is 10.1. The van der Waals surface area contributed by atoms with Crippen LogP contribution in [0.3, 0.4) is 0 Å². The molecule has 2 aromatic rings. The molecular weight excluding hydrogens is 416 g/mol. The van der Waals surface area contributed by atoms with Crippen molar-refractivity contribution in [3.05, 3.63) is 59.7 Å². The van der Waals surface area contributed by atoms with Gasteiger partial charge in [0.2, 0.25) is 10.0 Å². The molecule has 1 aliphatic heterocycles. The zero-order chi connectivity index (χ0) is 22.6. The summed E-state index contributed by atoms with van der Waals surface area (Å²) in [5.41, 5.74) is 2.85. The Bertz CT molecular complexity index is 1050. The normalized spacial score (nSPS) is 14.6. The van der Waals surface area contributed by atoms with E-state index >= 15 is 0 Å². The van der Waals surface area contributed by atoms with Crippen LogP contribution in [0.2, 0.25) is 0 Å². The number of benzene rings is 2. The minimum Gasteiger partial charge on any atom is -0.346 e. The van der Waals surface area contributed by atoms with Crippen LogP contribution < -0.4 is 14.9 Å². The fourth-order valence-corrected chi connectivity index (χ4v) is 4.68. The van der Waals surface area contributed by atoms with Crippen molar-refractivity contribution in [2.24, 2.45) is 0 Å². The molecule has 2 amide bonds. The number of nitrogens with one attached hydrogen (secondary N) is 2. The average molecular weight is 445 g/mol. The number of carbonyl (C=O) groups is 2. The minimum atomic E-state index is -3.42. The van der Waals surface area contributed by atoms with Crippen LogP contribution in [0.25, 0.3) is 0 Å². The van der Waals surface area contributed by atoms with Gasteiger partial charge in [-0.05, 0) is 50.2 Å². The molecule has 0 radical (unpaired) electrons. The smallest absolute Gasteiger partial charge is 0.313 e. The van der Waals surface area contributed by atoms with Gasteiger partial charge in [0.25, 0.3) is 0 Å². The van der Waals surface area contributed by atoms with Crippen molar-refractivity contribution in [2.75, 3.05) is 43.1 Å². The molecule has 1 unspecified atom stereocenters.